The van der Waals surface area contributed by atoms with Gasteiger partial charge in [-0.1, -0.05) is 0 Å². The van der Waals surface area contributed by atoms with Crippen LogP contribution in [0.5, 0.6) is 0 Å². The fraction of sp³-hybridized carbons (Fsp3) is 0.500. The number of nitrogens with one attached hydrogen (secondary N) is 1. The summed E-state index contributed by atoms with van der Waals surface area (Å²) in [4.78, 5) is 49.4. The molecule has 1 aromatic heterocycles. The molecule has 0 radical (unpaired) electrons. The Balaban J connectivity index is 2.31. The van der Waals surface area contributed by atoms with Crippen molar-refractivity contribution in [1.82, 2.24) is 9.55 Å². The van der Waals surface area contributed by atoms with Gasteiger partial charge in [0, 0.05) is 26.5 Å². The van der Waals surface area contributed by atoms with Crippen molar-refractivity contribution in [3.63, 3.8) is 0 Å². The molecule has 1 amide bonds. The van der Waals surface area contributed by atoms with Crippen molar-refractivity contribution in [2.75, 3.05) is 12.1 Å². The van der Waals surface area contributed by atoms with Gasteiger partial charge in [-0.2, -0.15) is 4.98 Å². The number of nitrogens with two attached hydrogens (primary N) is 1. The van der Waals surface area contributed by atoms with Crippen LogP contribution in [0.2, 0.25) is 0 Å². The first-order valence-electron chi connectivity index (χ1n) is 7.52. The second-order valence-electron chi connectivity index (χ2n) is 5.48. The van der Waals surface area contributed by atoms with Gasteiger partial charge in [0.05, 0.1) is 0 Å². The second-order valence-corrected chi connectivity index (χ2v) is 5.48. The third kappa shape index (κ3) is 4.34. The Morgan fingerprint density at radius 2 is 2.12 bits per heavy atom. The van der Waals surface area contributed by atoms with Crippen molar-refractivity contribution in [3.05, 3.63) is 22.2 Å². The molecule has 12 heteroatoms. The van der Waals surface area contributed by atoms with Crippen molar-refractivity contribution >= 4 is 23.7 Å². The summed E-state index contributed by atoms with van der Waals surface area (Å²) in [6.45, 7) is 2.23. The number of ether oxygens (including phenoxy) is 3. The lowest BCUT2D eigenvalue weighted by molar-refractivity contribution is -0.155. The van der Waals surface area contributed by atoms with Crippen molar-refractivity contribution < 1.29 is 33.8 Å². The van der Waals surface area contributed by atoms with Gasteiger partial charge in [-0.05, 0) is 0 Å². The molecule has 0 saturated carbocycles. The molecule has 4 N–H and O–H groups in total. The molecule has 1 aliphatic heterocycles. The summed E-state index contributed by atoms with van der Waals surface area (Å²) in [5.41, 5.74) is 5.73. The van der Waals surface area contributed by atoms with Gasteiger partial charge in [0.2, 0.25) is 0 Å². The maximum absolute atomic E-state index is 12.1. The molecule has 26 heavy (non-hydrogen) atoms. The summed E-state index contributed by atoms with van der Waals surface area (Å²) in [6, 6.07) is 0. The molecule has 0 spiro atoms. The standard InChI is InChI=1S/C14H18N4O8/c1-6(19)24-5-10-9(25-7(2)20)3-11(26-10)18-4-8(12(15)21)13(17-23)16-14(18)22/h4,9-11,23H,3,5H2,1-2H3,(H2,15,21)(H,16,17,22)/t9-,10+,11+/m0/s1. The summed E-state index contributed by atoms with van der Waals surface area (Å²) in [6.07, 6.45) is -1.42. The highest BCUT2D eigenvalue weighted by Gasteiger charge is 2.40. The number of primary amides is 1. The summed E-state index contributed by atoms with van der Waals surface area (Å²) >= 11 is 0. The van der Waals surface area contributed by atoms with Crippen molar-refractivity contribution in [2.24, 2.45) is 5.73 Å². The minimum absolute atomic E-state index is 0.0528. The van der Waals surface area contributed by atoms with Gasteiger partial charge in [0.25, 0.3) is 5.91 Å². The maximum atomic E-state index is 12.1. The number of amides is 1. The quantitative estimate of drug-likeness (QED) is 0.413. The van der Waals surface area contributed by atoms with Crippen LogP contribution in [0.1, 0.15) is 36.9 Å². The zero-order chi connectivity index (χ0) is 19.4. The van der Waals surface area contributed by atoms with E-state index in [1.807, 2.05) is 0 Å². The third-order valence-electron chi connectivity index (χ3n) is 3.58. The van der Waals surface area contributed by atoms with Crippen LogP contribution in [0.4, 0.5) is 5.82 Å². The first-order chi connectivity index (χ1) is 12.2. The number of hydrogen-bond acceptors (Lipinski definition) is 10. The van der Waals surface area contributed by atoms with Gasteiger partial charge in [-0.3, -0.25) is 29.6 Å². The number of nitrogens with zero attached hydrogens (tertiary/aromatic N) is 2. The van der Waals surface area contributed by atoms with E-state index in [4.69, 9.17) is 25.2 Å². The monoisotopic (exact) mass is 370 g/mol. The number of hydrogen-bond donors (Lipinski definition) is 3. The molecule has 2 rings (SSSR count). The Kier molecular flexibility index (Phi) is 5.90. The zero-order valence-corrected chi connectivity index (χ0v) is 14.0. The van der Waals surface area contributed by atoms with Crippen LogP contribution in [-0.2, 0) is 23.8 Å². The van der Waals surface area contributed by atoms with Crippen LogP contribution in [0.3, 0.4) is 0 Å². The molecule has 0 aromatic carbocycles. The second kappa shape index (κ2) is 7.93. The minimum Gasteiger partial charge on any atom is -0.463 e. The van der Waals surface area contributed by atoms with Crippen LogP contribution >= 0.6 is 0 Å². The number of carbonyl (C=O) groups excluding carboxylic acids is 3. The Hall–Kier alpha value is -2.99. The molecule has 1 aliphatic rings. The van der Waals surface area contributed by atoms with Crippen molar-refractivity contribution in [2.45, 2.75) is 38.7 Å². The minimum atomic E-state index is -0.953. The lowest BCUT2D eigenvalue weighted by atomic mass is 10.2. The normalized spacial score (nSPS) is 21.9. The van der Waals surface area contributed by atoms with E-state index < -0.39 is 47.8 Å². The van der Waals surface area contributed by atoms with Crippen molar-refractivity contribution in [1.29, 1.82) is 0 Å². The number of aromatic nitrogens is 2. The van der Waals surface area contributed by atoms with E-state index in [1.165, 1.54) is 13.8 Å². The average molecular weight is 370 g/mol. The lowest BCUT2D eigenvalue weighted by Gasteiger charge is -2.18. The Bertz CT molecular complexity index is 777. The molecular weight excluding hydrogens is 352 g/mol. The molecule has 1 saturated heterocycles. The fourth-order valence-electron chi connectivity index (χ4n) is 2.50. The van der Waals surface area contributed by atoms with E-state index in [9.17, 15) is 19.2 Å². The van der Waals surface area contributed by atoms with Crippen LogP contribution in [0.15, 0.2) is 11.0 Å². The molecule has 1 aromatic rings. The Morgan fingerprint density at radius 3 is 2.65 bits per heavy atom. The highest BCUT2D eigenvalue weighted by molar-refractivity contribution is 5.96. The summed E-state index contributed by atoms with van der Waals surface area (Å²) < 4.78 is 16.6. The zero-order valence-electron chi connectivity index (χ0n) is 14.0. The van der Waals surface area contributed by atoms with E-state index in [0.29, 0.717) is 0 Å². The molecule has 0 unspecified atom stereocenters. The van der Waals surface area contributed by atoms with E-state index in [1.54, 1.807) is 5.48 Å². The smallest absolute Gasteiger partial charge is 0.351 e. The predicted molar refractivity (Wildman–Crippen MR) is 83.1 cm³/mol. The summed E-state index contributed by atoms with van der Waals surface area (Å²) in [5.74, 6) is -2.46. The molecule has 1 fully saturated rings. The van der Waals surface area contributed by atoms with Gasteiger partial charge in [-0.15, -0.1) is 0 Å². The van der Waals surface area contributed by atoms with Gasteiger partial charge in [0.15, 0.2) is 5.82 Å². The molecule has 2 heterocycles. The molecule has 0 aliphatic carbocycles. The number of carbonyl (C=O) groups is 3. The first-order valence-corrected chi connectivity index (χ1v) is 7.52. The highest BCUT2D eigenvalue weighted by atomic mass is 16.6. The SMILES string of the molecule is CC(=O)OC[C@H]1O[C@@H](n2cc(C(N)=O)c(NO)nc2=O)C[C@@H]1OC(C)=O. The lowest BCUT2D eigenvalue weighted by Crippen LogP contribution is -2.31. The highest BCUT2D eigenvalue weighted by Crippen LogP contribution is 2.30. The third-order valence-corrected chi connectivity index (χ3v) is 3.58. The number of esters is 2. The number of rotatable bonds is 6. The van der Waals surface area contributed by atoms with Crippen LogP contribution in [0, 0.1) is 0 Å². The molecule has 0 bridgehead atoms. The van der Waals surface area contributed by atoms with E-state index in [0.717, 1.165) is 10.8 Å². The summed E-state index contributed by atoms with van der Waals surface area (Å²) in [7, 11) is 0. The predicted octanol–water partition coefficient (Wildman–Crippen LogP) is -1.07. The van der Waals surface area contributed by atoms with E-state index >= 15 is 0 Å². The first kappa shape index (κ1) is 19.3. The van der Waals surface area contributed by atoms with Crippen LogP contribution in [-0.4, -0.2) is 51.4 Å². The maximum Gasteiger partial charge on any atom is 0.351 e. The van der Waals surface area contributed by atoms with Crippen LogP contribution in [0.25, 0.3) is 0 Å². The van der Waals surface area contributed by atoms with E-state index in [2.05, 4.69) is 4.98 Å². The molecule has 12 nitrogen and oxygen atoms in total. The topological polar surface area (TPSA) is 172 Å². The van der Waals surface area contributed by atoms with E-state index in [-0.39, 0.29) is 18.6 Å². The number of anilines is 1. The Labute approximate surface area is 146 Å². The van der Waals surface area contributed by atoms with Crippen LogP contribution < -0.4 is 16.9 Å². The largest absolute Gasteiger partial charge is 0.463 e. The molecular formula is C14H18N4O8. The molecule has 142 valence electrons. The van der Waals surface area contributed by atoms with Gasteiger partial charge in [0.1, 0.15) is 30.6 Å². The molecule has 3 atom stereocenters. The van der Waals surface area contributed by atoms with Gasteiger partial charge < -0.3 is 19.9 Å². The Morgan fingerprint density at radius 1 is 1.42 bits per heavy atom. The summed E-state index contributed by atoms with van der Waals surface area (Å²) in [5, 5.41) is 8.95. The average Bonchev–Trinajstić information content (AvgIpc) is 2.93. The fourth-order valence-corrected chi connectivity index (χ4v) is 2.50. The van der Waals surface area contributed by atoms with Gasteiger partial charge >= 0.3 is 17.6 Å². The van der Waals surface area contributed by atoms with Crippen molar-refractivity contribution in [3.8, 4) is 0 Å². The van der Waals surface area contributed by atoms with Gasteiger partial charge in [-0.25, -0.2) is 4.79 Å².